The number of fused-ring (bicyclic) bond motifs is 1. The second-order valence-electron chi connectivity index (χ2n) is 7.02. The molecule has 1 aromatic heterocycles. The van der Waals surface area contributed by atoms with Crippen molar-refractivity contribution in [1.82, 2.24) is 15.6 Å². The third-order valence-corrected chi connectivity index (χ3v) is 4.70. The minimum Gasteiger partial charge on any atom is -0.384 e. The molecule has 2 aromatic carbocycles. The molecule has 4 N–H and O–H groups in total. The maximum Gasteiger partial charge on any atom is 0.191 e. The Kier molecular flexibility index (Phi) is 8.45. The highest BCUT2D eigenvalue weighted by atomic mass is 127. The Bertz CT molecular complexity index is 940. The number of aliphatic imine (C=N–C) groups is 1. The van der Waals surface area contributed by atoms with Crippen molar-refractivity contribution in [1.29, 1.82) is 0 Å². The molecular formula is C22H28FIN4O. The van der Waals surface area contributed by atoms with Crippen LogP contribution in [0.4, 0.5) is 4.39 Å². The van der Waals surface area contributed by atoms with Crippen molar-refractivity contribution in [2.24, 2.45) is 4.99 Å². The number of guanidine groups is 1. The van der Waals surface area contributed by atoms with Gasteiger partial charge in [-0.15, -0.1) is 24.0 Å². The van der Waals surface area contributed by atoms with E-state index in [1.807, 2.05) is 43.5 Å². The first-order chi connectivity index (χ1) is 13.5. The molecule has 0 saturated carbocycles. The fraction of sp³-hybridized carbons (Fsp3) is 0.318. The molecule has 29 heavy (non-hydrogen) atoms. The van der Waals surface area contributed by atoms with Gasteiger partial charge in [-0.25, -0.2) is 9.38 Å². The monoisotopic (exact) mass is 510 g/mol. The van der Waals surface area contributed by atoms with Crippen molar-refractivity contribution in [3.05, 3.63) is 71.7 Å². The molecule has 0 bridgehead atoms. The van der Waals surface area contributed by atoms with Gasteiger partial charge in [0.05, 0.1) is 6.54 Å². The number of nitrogens with zero attached hydrogens (tertiary/aromatic N) is 1. The van der Waals surface area contributed by atoms with Gasteiger partial charge in [-0.05, 0) is 49.6 Å². The van der Waals surface area contributed by atoms with Gasteiger partial charge >= 0.3 is 0 Å². The van der Waals surface area contributed by atoms with E-state index in [4.69, 9.17) is 0 Å². The van der Waals surface area contributed by atoms with Crippen LogP contribution in [0.15, 0.2) is 59.7 Å². The maximum absolute atomic E-state index is 13.5. The summed E-state index contributed by atoms with van der Waals surface area (Å²) in [5.74, 6) is 0.407. The molecule has 3 rings (SSSR count). The first kappa shape index (κ1) is 23.2. The Hall–Kier alpha value is -2.13. The number of hydrogen-bond donors (Lipinski definition) is 4. The summed E-state index contributed by atoms with van der Waals surface area (Å²) in [5.41, 5.74) is 1.76. The second-order valence-corrected chi connectivity index (χ2v) is 7.02. The van der Waals surface area contributed by atoms with Crippen molar-refractivity contribution in [2.75, 3.05) is 19.6 Å². The number of aliphatic hydroxyl groups is 1. The number of aromatic amines is 1. The average molecular weight is 510 g/mol. The topological polar surface area (TPSA) is 72.4 Å². The summed E-state index contributed by atoms with van der Waals surface area (Å²) in [6, 6.07) is 14.3. The second kappa shape index (κ2) is 10.6. The van der Waals surface area contributed by atoms with E-state index in [1.165, 1.54) is 6.07 Å². The minimum absolute atomic E-state index is 0. The SMILES string of the molecule is CCNC(=NCC(C)(O)c1ccccc1)NCCc1c[nH]c2ccc(F)cc12.I. The van der Waals surface area contributed by atoms with Gasteiger partial charge in [0.15, 0.2) is 5.96 Å². The van der Waals surface area contributed by atoms with E-state index in [-0.39, 0.29) is 36.3 Å². The van der Waals surface area contributed by atoms with E-state index >= 15 is 0 Å². The summed E-state index contributed by atoms with van der Waals surface area (Å²) in [4.78, 5) is 7.70. The first-order valence-electron chi connectivity index (χ1n) is 9.55. The molecule has 1 heterocycles. The molecule has 7 heteroatoms. The Morgan fingerprint density at radius 2 is 1.93 bits per heavy atom. The molecule has 0 radical (unpaired) electrons. The van der Waals surface area contributed by atoms with Crippen LogP contribution in [0.2, 0.25) is 0 Å². The lowest BCUT2D eigenvalue weighted by atomic mass is 9.96. The number of nitrogens with one attached hydrogen (secondary N) is 3. The van der Waals surface area contributed by atoms with Gasteiger partial charge in [-0.3, -0.25) is 0 Å². The standard InChI is InChI=1S/C22H27FN4O.HI/c1-3-24-21(27-15-22(2,28)17-7-5-4-6-8-17)25-12-11-16-14-26-20-10-9-18(23)13-19(16)20;/h4-10,13-14,26,28H,3,11-12,15H2,1-2H3,(H2,24,25,27);1H. The summed E-state index contributed by atoms with van der Waals surface area (Å²) in [5, 5.41) is 18.1. The zero-order valence-corrected chi connectivity index (χ0v) is 19.0. The highest BCUT2D eigenvalue weighted by Gasteiger charge is 2.22. The highest BCUT2D eigenvalue weighted by Crippen LogP contribution is 2.21. The maximum atomic E-state index is 13.5. The predicted molar refractivity (Wildman–Crippen MR) is 127 cm³/mol. The quantitative estimate of drug-likeness (QED) is 0.221. The Balaban J connectivity index is 0.00000300. The van der Waals surface area contributed by atoms with Crippen LogP contribution in [0, 0.1) is 5.82 Å². The van der Waals surface area contributed by atoms with E-state index in [9.17, 15) is 9.50 Å². The highest BCUT2D eigenvalue weighted by molar-refractivity contribution is 14.0. The number of halogens is 2. The van der Waals surface area contributed by atoms with Crippen molar-refractivity contribution < 1.29 is 9.50 Å². The lowest BCUT2D eigenvalue weighted by Gasteiger charge is -2.22. The molecule has 1 atom stereocenters. The van der Waals surface area contributed by atoms with E-state index < -0.39 is 5.60 Å². The summed E-state index contributed by atoms with van der Waals surface area (Å²) in [6.45, 7) is 5.36. The number of rotatable bonds is 7. The van der Waals surface area contributed by atoms with E-state index in [0.717, 1.165) is 35.0 Å². The lowest BCUT2D eigenvalue weighted by Crippen LogP contribution is -2.39. The molecule has 0 amide bonds. The van der Waals surface area contributed by atoms with E-state index in [0.29, 0.717) is 12.5 Å². The first-order valence-corrected chi connectivity index (χ1v) is 9.55. The van der Waals surface area contributed by atoms with Crippen LogP contribution < -0.4 is 10.6 Å². The Morgan fingerprint density at radius 3 is 2.66 bits per heavy atom. The van der Waals surface area contributed by atoms with Crippen molar-refractivity contribution in [3.63, 3.8) is 0 Å². The molecule has 5 nitrogen and oxygen atoms in total. The molecule has 0 aliphatic carbocycles. The predicted octanol–water partition coefficient (Wildman–Crippen LogP) is 3.93. The summed E-state index contributed by atoms with van der Waals surface area (Å²) in [6.07, 6.45) is 2.64. The smallest absolute Gasteiger partial charge is 0.191 e. The Morgan fingerprint density at radius 1 is 1.17 bits per heavy atom. The van der Waals surface area contributed by atoms with E-state index in [1.54, 1.807) is 19.1 Å². The van der Waals surface area contributed by atoms with Gasteiger partial charge in [-0.1, -0.05) is 30.3 Å². The molecule has 0 aliphatic heterocycles. The Labute approximate surface area is 187 Å². The zero-order chi connectivity index (χ0) is 20.0. The summed E-state index contributed by atoms with van der Waals surface area (Å²) in [7, 11) is 0. The molecule has 1 unspecified atom stereocenters. The van der Waals surface area contributed by atoms with Gasteiger partial charge < -0.3 is 20.7 Å². The van der Waals surface area contributed by atoms with Gasteiger partial charge in [0.1, 0.15) is 11.4 Å². The van der Waals surface area contributed by atoms with Crippen LogP contribution in [-0.2, 0) is 12.0 Å². The largest absolute Gasteiger partial charge is 0.384 e. The van der Waals surface area contributed by atoms with Crippen molar-refractivity contribution >= 4 is 40.8 Å². The van der Waals surface area contributed by atoms with Crippen LogP contribution in [-0.4, -0.2) is 35.7 Å². The number of H-pyrrole nitrogens is 1. The molecule has 0 saturated heterocycles. The molecule has 0 spiro atoms. The fourth-order valence-corrected chi connectivity index (χ4v) is 3.14. The third-order valence-electron chi connectivity index (χ3n) is 4.70. The molecule has 156 valence electrons. The van der Waals surface area contributed by atoms with Crippen LogP contribution in [0.5, 0.6) is 0 Å². The zero-order valence-electron chi connectivity index (χ0n) is 16.7. The van der Waals surface area contributed by atoms with Crippen LogP contribution >= 0.6 is 24.0 Å². The summed E-state index contributed by atoms with van der Waals surface area (Å²) < 4.78 is 13.5. The molecule has 0 aliphatic rings. The number of benzene rings is 2. The number of aromatic nitrogens is 1. The lowest BCUT2D eigenvalue weighted by molar-refractivity contribution is 0.0672. The molecular weight excluding hydrogens is 482 g/mol. The van der Waals surface area contributed by atoms with Gasteiger partial charge in [0.25, 0.3) is 0 Å². The van der Waals surface area contributed by atoms with Gasteiger partial charge in [0.2, 0.25) is 0 Å². The van der Waals surface area contributed by atoms with Crippen LogP contribution in [0.3, 0.4) is 0 Å². The number of hydrogen-bond acceptors (Lipinski definition) is 2. The fourth-order valence-electron chi connectivity index (χ4n) is 3.14. The summed E-state index contributed by atoms with van der Waals surface area (Å²) >= 11 is 0. The average Bonchev–Trinajstić information content (AvgIpc) is 3.09. The molecule has 3 aromatic rings. The minimum atomic E-state index is -1.04. The molecule has 0 fully saturated rings. The van der Waals surface area contributed by atoms with Crippen molar-refractivity contribution in [3.8, 4) is 0 Å². The van der Waals surface area contributed by atoms with Crippen LogP contribution in [0.1, 0.15) is 25.0 Å². The van der Waals surface area contributed by atoms with Gasteiger partial charge in [0, 0.05) is 30.2 Å². The third kappa shape index (κ3) is 6.17. The van der Waals surface area contributed by atoms with Crippen molar-refractivity contribution in [2.45, 2.75) is 25.9 Å². The normalized spacial score (nSPS) is 13.6. The van der Waals surface area contributed by atoms with Crippen LogP contribution in [0.25, 0.3) is 10.9 Å². The van der Waals surface area contributed by atoms with Gasteiger partial charge in [-0.2, -0.15) is 0 Å². The van der Waals surface area contributed by atoms with E-state index in [2.05, 4.69) is 20.6 Å².